The Morgan fingerprint density at radius 1 is 1.36 bits per heavy atom. The van der Waals surface area contributed by atoms with Crippen LogP contribution in [0.5, 0.6) is 0 Å². The quantitative estimate of drug-likeness (QED) is 0.753. The molecule has 1 N–H and O–H groups in total. The highest BCUT2D eigenvalue weighted by atomic mass is 16.4. The van der Waals surface area contributed by atoms with E-state index in [1.54, 1.807) is 0 Å². The van der Waals surface area contributed by atoms with E-state index < -0.39 is 5.97 Å². The molecule has 2 aliphatic rings. The van der Waals surface area contributed by atoms with E-state index in [2.05, 4.69) is 13.8 Å². The van der Waals surface area contributed by atoms with Crippen LogP contribution in [-0.4, -0.2) is 11.1 Å². The van der Waals surface area contributed by atoms with Crippen molar-refractivity contribution in [2.45, 2.75) is 46.0 Å². The molecule has 2 fully saturated rings. The zero-order valence-corrected chi connectivity index (χ0v) is 9.12. The molecule has 0 radical (unpaired) electrons. The van der Waals surface area contributed by atoms with E-state index in [0.29, 0.717) is 5.92 Å². The molecule has 2 aliphatic carbocycles. The Morgan fingerprint density at radius 3 is 2.36 bits per heavy atom. The van der Waals surface area contributed by atoms with Crippen molar-refractivity contribution in [1.82, 2.24) is 0 Å². The first-order chi connectivity index (χ1) is 6.53. The number of carbonyl (C=O) groups is 1. The summed E-state index contributed by atoms with van der Waals surface area (Å²) in [4.78, 5) is 11.0. The third kappa shape index (κ3) is 1.55. The van der Waals surface area contributed by atoms with E-state index in [-0.39, 0.29) is 11.3 Å². The number of carboxylic acids is 1. The molecular weight excluding hydrogens is 176 g/mol. The summed E-state index contributed by atoms with van der Waals surface area (Å²) < 4.78 is 0. The fraction of sp³-hybridized carbons (Fsp3) is 0.917. The number of carboxylic acid groups (broad SMARTS) is 1. The van der Waals surface area contributed by atoms with Crippen LogP contribution in [-0.2, 0) is 4.79 Å². The Bertz CT molecular complexity index is 239. The van der Waals surface area contributed by atoms with Gasteiger partial charge in [-0.3, -0.25) is 4.79 Å². The van der Waals surface area contributed by atoms with Gasteiger partial charge in [-0.25, -0.2) is 0 Å². The highest BCUT2D eigenvalue weighted by Gasteiger charge is 2.61. The zero-order valence-electron chi connectivity index (χ0n) is 9.12. The van der Waals surface area contributed by atoms with Crippen molar-refractivity contribution in [3.8, 4) is 0 Å². The monoisotopic (exact) mass is 196 g/mol. The molecule has 0 aliphatic heterocycles. The van der Waals surface area contributed by atoms with E-state index in [1.807, 2.05) is 0 Å². The van der Waals surface area contributed by atoms with Crippen molar-refractivity contribution >= 4 is 5.97 Å². The van der Waals surface area contributed by atoms with E-state index in [1.165, 1.54) is 25.7 Å². The third-order valence-electron chi connectivity index (χ3n) is 4.38. The average molecular weight is 196 g/mol. The zero-order chi connectivity index (χ0) is 10.3. The largest absolute Gasteiger partial charge is 0.481 e. The first-order valence-electron chi connectivity index (χ1n) is 5.76. The maximum absolute atomic E-state index is 11.0. The van der Waals surface area contributed by atoms with Crippen LogP contribution in [0.15, 0.2) is 0 Å². The number of rotatable bonds is 3. The van der Waals surface area contributed by atoms with Gasteiger partial charge in [0.2, 0.25) is 0 Å². The lowest BCUT2D eigenvalue weighted by Crippen LogP contribution is -2.03. The van der Waals surface area contributed by atoms with Gasteiger partial charge < -0.3 is 5.11 Å². The van der Waals surface area contributed by atoms with Crippen molar-refractivity contribution in [2.24, 2.45) is 23.2 Å². The minimum absolute atomic E-state index is 0.0639. The van der Waals surface area contributed by atoms with Crippen LogP contribution in [0, 0.1) is 23.2 Å². The van der Waals surface area contributed by atoms with Gasteiger partial charge in [-0.15, -0.1) is 0 Å². The van der Waals surface area contributed by atoms with Gasteiger partial charge in [0.25, 0.3) is 0 Å². The smallest absolute Gasteiger partial charge is 0.307 e. The van der Waals surface area contributed by atoms with Crippen molar-refractivity contribution in [3.05, 3.63) is 0 Å². The van der Waals surface area contributed by atoms with Gasteiger partial charge in [-0.1, -0.05) is 39.5 Å². The lowest BCUT2D eigenvalue weighted by atomic mass is 9.97. The van der Waals surface area contributed by atoms with Crippen molar-refractivity contribution in [3.63, 3.8) is 0 Å². The number of aliphatic carboxylic acids is 1. The van der Waals surface area contributed by atoms with Gasteiger partial charge >= 0.3 is 5.97 Å². The van der Waals surface area contributed by atoms with Crippen LogP contribution >= 0.6 is 0 Å². The van der Waals surface area contributed by atoms with E-state index >= 15 is 0 Å². The van der Waals surface area contributed by atoms with Crippen molar-refractivity contribution in [2.75, 3.05) is 0 Å². The van der Waals surface area contributed by atoms with Crippen LogP contribution in [0.1, 0.15) is 46.0 Å². The summed E-state index contributed by atoms with van der Waals surface area (Å²) in [6.45, 7) is 4.21. The molecule has 14 heavy (non-hydrogen) atoms. The molecule has 2 rings (SSSR count). The molecule has 0 amide bonds. The predicted molar refractivity (Wildman–Crippen MR) is 55.0 cm³/mol. The maximum Gasteiger partial charge on any atom is 0.307 e. The minimum atomic E-state index is -0.585. The summed E-state index contributed by atoms with van der Waals surface area (Å²) in [5.41, 5.74) is 0.0639. The third-order valence-corrected chi connectivity index (χ3v) is 4.38. The summed E-state index contributed by atoms with van der Waals surface area (Å²) in [7, 11) is 0. The van der Waals surface area contributed by atoms with Gasteiger partial charge in [-0.2, -0.15) is 0 Å². The highest BCUT2D eigenvalue weighted by Crippen LogP contribution is 2.61. The lowest BCUT2D eigenvalue weighted by molar-refractivity contribution is -0.139. The number of hydrogen-bond donors (Lipinski definition) is 1. The molecule has 0 aromatic heterocycles. The Kier molecular flexibility index (Phi) is 2.32. The van der Waals surface area contributed by atoms with Gasteiger partial charge in [0.15, 0.2) is 0 Å². The molecule has 0 aromatic rings. The Hall–Kier alpha value is -0.530. The molecule has 2 atom stereocenters. The van der Waals surface area contributed by atoms with E-state index in [4.69, 9.17) is 5.11 Å². The molecule has 0 spiro atoms. The predicted octanol–water partition coefficient (Wildman–Crippen LogP) is 2.92. The molecule has 0 heterocycles. The molecule has 2 heteroatoms. The lowest BCUT2D eigenvalue weighted by Gasteiger charge is -2.08. The van der Waals surface area contributed by atoms with E-state index in [9.17, 15) is 4.79 Å². The fourth-order valence-electron chi connectivity index (χ4n) is 3.28. The van der Waals surface area contributed by atoms with Crippen LogP contribution in [0.3, 0.4) is 0 Å². The fourth-order valence-corrected chi connectivity index (χ4v) is 3.28. The second-order valence-corrected chi connectivity index (χ2v) is 5.63. The molecule has 0 aromatic carbocycles. The molecule has 2 saturated carbocycles. The van der Waals surface area contributed by atoms with Crippen molar-refractivity contribution < 1.29 is 9.90 Å². The summed E-state index contributed by atoms with van der Waals surface area (Å²) >= 11 is 0. The topological polar surface area (TPSA) is 37.3 Å². The van der Waals surface area contributed by atoms with Crippen LogP contribution in [0.4, 0.5) is 0 Å². The van der Waals surface area contributed by atoms with Gasteiger partial charge in [-0.05, 0) is 23.7 Å². The SMILES string of the molecule is CC1(C)[C@@H](CC2CCCC2)[C@@H]1C(=O)O. The Labute approximate surface area is 85.7 Å². The molecule has 0 unspecified atom stereocenters. The van der Waals surface area contributed by atoms with Crippen LogP contribution in [0.25, 0.3) is 0 Å². The Morgan fingerprint density at radius 2 is 1.93 bits per heavy atom. The summed E-state index contributed by atoms with van der Waals surface area (Å²) in [6.07, 6.45) is 6.53. The average Bonchev–Trinajstić information content (AvgIpc) is 2.50. The van der Waals surface area contributed by atoms with E-state index in [0.717, 1.165) is 12.3 Å². The molecule has 2 nitrogen and oxygen atoms in total. The second kappa shape index (κ2) is 3.25. The maximum atomic E-state index is 11.0. The minimum Gasteiger partial charge on any atom is -0.481 e. The van der Waals surface area contributed by atoms with Gasteiger partial charge in [0, 0.05) is 0 Å². The second-order valence-electron chi connectivity index (χ2n) is 5.63. The Balaban J connectivity index is 1.90. The molecule has 0 bridgehead atoms. The first kappa shape index (κ1) is 10.0. The first-order valence-corrected chi connectivity index (χ1v) is 5.76. The molecule has 80 valence electrons. The van der Waals surface area contributed by atoms with Crippen LogP contribution in [0.2, 0.25) is 0 Å². The van der Waals surface area contributed by atoms with Gasteiger partial charge in [0.1, 0.15) is 0 Å². The molecular formula is C12H20O2. The number of hydrogen-bond acceptors (Lipinski definition) is 1. The normalized spacial score (nSPS) is 35.9. The highest BCUT2D eigenvalue weighted by molar-refractivity contribution is 5.75. The molecule has 0 saturated heterocycles. The summed E-state index contributed by atoms with van der Waals surface area (Å²) in [5, 5.41) is 9.03. The van der Waals surface area contributed by atoms with Gasteiger partial charge in [0.05, 0.1) is 5.92 Å². The summed E-state index contributed by atoms with van der Waals surface area (Å²) in [5.74, 6) is 0.618. The summed E-state index contributed by atoms with van der Waals surface area (Å²) in [6, 6.07) is 0. The standard InChI is InChI=1S/C12H20O2/c1-12(2)9(10(12)11(13)14)7-8-5-3-4-6-8/h8-10H,3-7H2,1-2H3,(H,13,14)/t9-,10+/m0/s1. The van der Waals surface area contributed by atoms with Crippen molar-refractivity contribution in [1.29, 1.82) is 0 Å². The van der Waals surface area contributed by atoms with Crippen LogP contribution < -0.4 is 0 Å².